The number of nitrogens with zero attached hydrogens (tertiary/aromatic N) is 3. The summed E-state index contributed by atoms with van der Waals surface area (Å²) in [5.74, 6) is 1.67. The molecule has 0 amide bonds. The number of ketones is 1. The van der Waals surface area contributed by atoms with Gasteiger partial charge in [0.1, 0.15) is 5.82 Å². The first kappa shape index (κ1) is 11.5. The zero-order valence-electron chi connectivity index (χ0n) is 10.2. The van der Waals surface area contributed by atoms with Gasteiger partial charge in [-0.1, -0.05) is 0 Å². The zero-order chi connectivity index (χ0) is 12.6. The maximum atomic E-state index is 11.2. The van der Waals surface area contributed by atoms with Gasteiger partial charge in [-0.05, 0) is 20.8 Å². The summed E-state index contributed by atoms with van der Waals surface area (Å²) in [5, 5.41) is 3.02. The Bertz CT molecular complexity index is 576. The van der Waals surface area contributed by atoms with Gasteiger partial charge in [-0.3, -0.25) is 4.79 Å². The summed E-state index contributed by atoms with van der Waals surface area (Å²) in [4.78, 5) is 23.8. The van der Waals surface area contributed by atoms with Crippen LogP contribution in [0.15, 0.2) is 4.42 Å². The van der Waals surface area contributed by atoms with E-state index in [4.69, 9.17) is 4.42 Å². The fraction of sp³-hybridized carbons (Fsp3) is 0.455. The maximum Gasteiger partial charge on any atom is 0.252 e. The zero-order valence-corrected chi connectivity index (χ0v) is 10.2. The molecule has 0 bridgehead atoms. The third kappa shape index (κ3) is 2.25. The lowest BCUT2D eigenvalue weighted by Gasteiger charge is -2.11. The number of rotatable bonds is 3. The monoisotopic (exact) mass is 234 g/mol. The van der Waals surface area contributed by atoms with Crippen molar-refractivity contribution in [3.05, 3.63) is 11.7 Å². The summed E-state index contributed by atoms with van der Waals surface area (Å²) in [5.41, 5.74) is 0.995. The number of fused-ring (bicyclic) bond motifs is 1. The molecule has 2 aromatic rings. The predicted octanol–water partition coefficient (Wildman–Crippen LogP) is 1.62. The van der Waals surface area contributed by atoms with Gasteiger partial charge in [0, 0.05) is 6.92 Å². The number of hydrogen-bond donors (Lipinski definition) is 1. The van der Waals surface area contributed by atoms with E-state index in [1.807, 2.05) is 0 Å². The molecule has 2 aromatic heterocycles. The Morgan fingerprint density at radius 3 is 2.65 bits per heavy atom. The average Bonchev–Trinajstić information content (AvgIpc) is 2.58. The second kappa shape index (κ2) is 4.12. The van der Waals surface area contributed by atoms with Crippen molar-refractivity contribution in [1.82, 2.24) is 15.0 Å². The van der Waals surface area contributed by atoms with Crippen molar-refractivity contribution < 1.29 is 9.21 Å². The molecular formula is C11H14N4O2. The van der Waals surface area contributed by atoms with Gasteiger partial charge >= 0.3 is 0 Å². The van der Waals surface area contributed by atoms with E-state index in [2.05, 4.69) is 20.3 Å². The van der Waals surface area contributed by atoms with Gasteiger partial charge in [0.05, 0.1) is 6.04 Å². The van der Waals surface area contributed by atoms with Crippen LogP contribution in [0.4, 0.5) is 5.82 Å². The average molecular weight is 234 g/mol. The van der Waals surface area contributed by atoms with E-state index >= 15 is 0 Å². The van der Waals surface area contributed by atoms with Crippen LogP contribution in [-0.2, 0) is 4.79 Å². The minimum absolute atomic E-state index is 0.0367. The molecular weight excluding hydrogens is 220 g/mol. The lowest BCUT2D eigenvalue weighted by atomic mass is 10.2. The van der Waals surface area contributed by atoms with Crippen molar-refractivity contribution in [2.45, 2.75) is 33.7 Å². The van der Waals surface area contributed by atoms with Crippen molar-refractivity contribution in [3.63, 3.8) is 0 Å². The molecule has 90 valence electrons. The fourth-order valence-electron chi connectivity index (χ4n) is 1.44. The van der Waals surface area contributed by atoms with Crippen molar-refractivity contribution in [2.24, 2.45) is 0 Å². The number of aromatic nitrogens is 3. The van der Waals surface area contributed by atoms with Crippen LogP contribution < -0.4 is 5.32 Å². The summed E-state index contributed by atoms with van der Waals surface area (Å²) in [6, 6.07) is -0.315. The van der Waals surface area contributed by atoms with Crippen LogP contribution in [0.2, 0.25) is 0 Å². The first-order valence-electron chi connectivity index (χ1n) is 5.36. The van der Waals surface area contributed by atoms with Gasteiger partial charge in [-0.15, -0.1) is 0 Å². The molecule has 6 heteroatoms. The molecule has 1 unspecified atom stereocenters. The molecule has 0 aliphatic carbocycles. The first-order valence-corrected chi connectivity index (χ1v) is 5.36. The van der Waals surface area contributed by atoms with Crippen molar-refractivity contribution in [2.75, 3.05) is 5.32 Å². The van der Waals surface area contributed by atoms with E-state index in [0.717, 1.165) is 0 Å². The number of carbonyl (C=O) groups is 1. The number of aryl methyl sites for hydroxylation is 2. The van der Waals surface area contributed by atoms with E-state index in [-0.39, 0.29) is 11.8 Å². The van der Waals surface area contributed by atoms with E-state index in [1.54, 1.807) is 20.8 Å². The van der Waals surface area contributed by atoms with Crippen LogP contribution in [0.1, 0.15) is 25.6 Å². The molecule has 1 N–H and O–H groups in total. The number of anilines is 1. The molecule has 0 aliphatic rings. The maximum absolute atomic E-state index is 11.2. The van der Waals surface area contributed by atoms with Crippen LogP contribution in [0.5, 0.6) is 0 Å². The number of carbonyl (C=O) groups excluding carboxylic acids is 1. The number of Topliss-reactive ketones (excluding diaryl/α,β-unsaturated/α-hetero) is 1. The summed E-state index contributed by atoms with van der Waals surface area (Å²) >= 11 is 0. The molecule has 0 spiro atoms. The summed E-state index contributed by atoms with van der Waals surface area (Å²) in [6.07, 6.45) is 0. The van der Waals surface area contributed by atoms with E-state index in [1.165, 1.54) is 6.92 Å². The van der Waals surface area contributed by atoms with Crippen LogP contribution in [-0.4, -0.2) is 26.8 Å². The van der Waals surface area contributed by atoms with Crippen molar-refractivity contribution in [3.8, 4) is 0 Å². The molecule has 0 aromatic carbocycles. The molecule has 0 fully saturated rings. The Labute approximate surface area is 98.5 Å². The van der Waals surface area contributed by atoms with Gasteiger partial charge < -0.3 is 9.73 Å². The molecule has 6 nitrogen and oxygen atoms in total. The largest absolute Gasteiger partial charge is 0.422 e. The van der Waals surface area contributed by atoms with Gasteiger partial charge in [0.25, 0.3) is 5.71 Å². The van der Waals surface area contributed by atoms with Gasteiger partial charge in [0.15, 0.2) is 23.0 Å². The molecule has 0 aliphatic heterocycles. The van der Waals surface area contributed by atoms with Crippen LogP contribution in [0.3, 0.4) is 0 Å². The Balaban J connectivity index is 2.48. The molecule has 2 heterocycles. The van der Waals surface area contributed by atoms with Crippen LogP contribution >= 0.6 is 0 Å². The van der Waals surface area contributed by atoms with Gasteiger partial charge in [0.2, 0.25) is 0 Å². The third-order valence-corrected chi connectivity index (χ3v) is 2.44. The lowest BCUT2D eigenvalue weighted by molar-refractivity contribution is -0.117. The molecule has 0 saturated heterocycles. The normalized spacial score (nSPS) is 12.7. The summed E-state index contributed by atoms with van der Waals surface area (Å²) in [7, 11) is 0. The van der Waals surface area contributed by atoms with E-state index in [9.17, 15) is 4.79 Å². The van der Waals surface area contributed by atoms with Crippen LogP contribution in [0.25, 0.3) is 11.2 Å². The van der Waals surface area contributed by atoms with Crippen molar-refractivity contribution >= 4 is 22.8 Å². The smallest absolute Gasteiger partial charge is 0.252 e. The Kier molecular flexibility index (Phi) is 2.79. The quantitative estimate of drug-likeness (QED) is 0.869. The first-order chi connectivity index (χ1) is 7.97. The molecule has 17 heavy (non-hydrogen) atoms. The minimum Gasteiger partial charge on any atom is -0.422 e. The van der Waals surface area contributed by atoms with E-state index in [0.29, 0.717) is 28.8 Å². The third-order valence-electron chi connectivity index (χ3n) is 2.44. The van der Waals surface area contributed by atoms with Gasteiger partial charge in [-0.2, -0.15) is 4.98 Å². The Hall–Kier alpha value is -1.98. The molecule has 0 radical (unpaired) electrons. The second-order valence-electron chi connectivity index (χ2n) is 3.98. The fourth-order valence-corrected chi connectivity index (χ4v) is 1.44. The Morgan fingerprint density at radius 1 is 1.29 bits per heavy atom. The topological polar surface area (TPSA) is 80.9 Å². The minimum atomic E-state index is -0.315. The second-order valence-corrected chi connectivity index (χ2v) is 3.98. The Morgan fingerprint density at radius 2 is 2.00 bits per heavy atom. The highest BCUT2D eigenvalue weighted by molar-refractivity contribution is 5.87. The van der Waals surface area contributed by atoms with Crippen molar-refractivity contribution in [1.29, 1.82) is 0 Å². The number of nitrogens with one attached hydrogen (secondary N) is 1. The molecule has 1 atom stereocenters. The lowest BCUT2D eigenvalue weighted by Crippen LogP contribution is -2.24. The van der Waals surface area contributed by atoms with E-state index < -0.39 is 0 Å². The summed E-state index contributed by atoms with van der Waals surface area (Å²) in [6.45, 7) is 6.81. The van der Waals surface area contributed by atoms with Crippen LogP contribution in [0, 0.1) is 13.8 Å². The highest BCUT2D eigenvalue weighted by Gasteiger charge is 2.15. The molecule has 0 saturated carbocycles. The number of oxazole rings is 1. The highest BCUT2D eigenvalue weighted by Crippen LogP contribution is 2.20. The SMILES string of the molecule is CC(=O)C(C)Nc1nc(C)nc2oc(C)nc12. The number of hydrogen-bond acceptors (Lipinski definition) is 6. The highest BCUT2D eigenvalue weighted by atomic mass is 16.4. The van der Waals surface area contributed by atoms with Gasteiger partial charge in [-0.25, -0.2) is 9.97 Å². The standard InChI is InChI=1S/C11H14N4O2/c1-5(6(2)16)12-10-9-11(14-7(3)13-10)17-8(4)15-9/h5H,1-4H3,(H,12,13,14). The summed E-state index contributed by atoms with van der Waals surface area (Å²) < 4.78 is 5.34. The predicted molar refractivity (Wildman–Crippen MR) is 62.8 cm³/mol. The molecule has 2 rings (SSSR count).